The average Bonchev–Trinajstić information content (AvgIpc) is 3.04. The van der Waals surface area contributed by atoms with Gasteiger partial charge in [0.15, 0.2) is 5.52 Å². The minimum absolute atomic E-state index is 0.682. The van der Waals surface area contributed by atoms with Crippen LogP contribution in [0.1, 0.15) is 0 Å². The zero-order chi connectivity index (χ0) is 14.9. The van der Waals surface area contributed by atoms with Crippen molar-refractivity contribution in [3.05, 3.63) is 60.9 Å². The summed E-state index contributed by atoms with van der Waals surface area (Å²) in [5, 5.41) is 7.23. The molecule has 0 spiro atoms. The smallest absolute Gasteiger partial charge is 0.303 e. The van der Waals surface area contributed by atoms with Crippen molar-refractivity contribution in [3.63, 3.8) is 0 Å². The van der Waals surface area contributed by atoms with Gasteiger partial charge in [-0.25, -0.2) is 4.98 Å². The van der Waals surface area contributed by atoms with E-state index in [4.69, 9.17) is 5.73 Å². The Kier molecular flexibility index (Phi) is 2.79. The van der Waals surface area contributed by atoms with Crippen LogP contribution >= 0.6 is 0 Å². The van der Waals surface area contributed by atoms with Gasteiger partial charge in [0, 0.05) is 11.3 Å². The van der Waals surface area contributed by atoms with Crippen molar-refractivity contribution < 1.29 is 4.68 Å². The minimum atomic E-state index is 0.682. The van der Waals surface area contributed by atoms with Gasteiger partial charge in [-0.2, -0.15) is 0 Å². The maximum Gasteiger partial charge on any atom is 0.303 e. The second-order valence-corrected chi connectivity index (χ2v) is 4.94. The van der Waals surface area contributed by atoms with Gasteiger partial charge in [-0.1, -0.05) is 29.2 Å². The molecule has 22 heavy (non-hydrogen) atoms. The molecule has 4 aromatic rings. The normalized spacial score (nSPS) is 10.9. The highest BCUT2D eigenvalue weighted by Gasteiger charge is 2.14. The van der Waals surface area contributed by atoms with Crippen molar-refractivity contribution in [3.8, 4) is 17.1 Å². The number of anilines is 1. The van der Waals surface area contributed by atoms with E-state index in [-0.39, 0.29) is 0 Å². The summed E-state index contributed by atoms with van der Waals surface area (Å²) in [5.74, 6) is 0.682. The number of H-pyrrole nitrogens is 1. The molecule has 2 aromatic heterocycles. The number of nitrogen functional groups attached to an aromatic ring is 1. The van der Waals surface area contributed by atoms with Crippen LogP contribution < -0.4 is 10.4 Å². The number of hydrogen-bond acceptors (Lipinski definition) is 4. The van der Waals surface area contributed by atoms with Gasteiger partial charge in [-0.3, -0.25) is 0 Å². The molecule has 6 nitrogen and oxygen atoms in total. The first-order valence-corrected chi connectivity index (χ1v) is 6.85. The fourth-order valence-corrected chi connectivity index (χ4v) is 2.31. The molecule has 0 aliphatic carbocycles. The van der Waals surface area contributed by atoms with E-state index in [1.54, 1.807) is 10.9 Å². The molecular weight excluding hydrogens is 276 g/mol. The van der Waals surface area contributed by atoms with Crippen molar-refractivity contribution >= 4 is 16.7 Å². The van der Waals surface area contributed by atoms with Gasteiger partial charge in [0.1, 0.15) is 17.9 Å². The van der Waals surface area contributed by atoms with E-state index in [0.717, 1.165) is 22.3 Å². The van der Waals surface area contributed by atoms with Crippen molar-refractivity contribution in [1.82, 2.24) is 20.3 Å². The van der Waals surface area contributed by atoms with Gasteiger partial charge < -0.3 is 5.73 Å². The van der Waals surface area contributed by atoms with Crippen LogP contribution in [0.25, 0.3) is 28.1 Å². The summed E-state index contributed by atoms with van der Waals surface area (Å²) in [4.78, 5) is 8.98. The fraction of sp³-hybridized carbons (Fsp3) is 0. The van der Waals surface area contributed by atoms with Crippen molar-refractivity contribution in [2.24, 2.45) is 0 Å². The molecule has 0 aliphatic heterocycles. The quantitative estimate of drug-likeness (QED) is 0.436. The molecule has 0 amide bonds. The standard InChI is InChI=1S/C16H12N6/c17-12-5-3-4-11(8-12)15-10-22(21-20-15)16-9-18-13-6-1-2-7-14(13)19-16/h1-10H,17H2/p+1. The molecule has 3 N–H and O–H groups in total. The second kappa shape index (κ2) is 4.92. The van der Waals surface area contributed by atoms with Gasteiger partial charge >= 0.3 is 5.82 Å². The van der Waals surface area contributed by atoms with Crippen molar-refractivity contribution in [2.75, 3.05) is 5.73 Å². The van der Waals surface area contributed by atoms with Crippen LogP contribution in [0.2, 0.25) is 0 Å². The van der Waals surface area contributed by atoms with E-state index in [1.165, 1.54) is 0 Å². The number of benzene rings is 2. The van der Waals surface area contributed by atoms with E-state index in [9.17, 15) is 0 Å². The molecule has 2 heterocycles. The maximum atomic E-state index is 5.81. The third-order valence-electron chi connectivity index (χ3n) is 3.39. The summed E-state index contributed by atoms with van der Waals surface area (Å²) in [6.07, 6.45) is 3.58. The summed E-state index contributed by atoms with van der Waals surface area (Å²) >= 11 is 0. The Labute approximate surface area is 126 Å². The number of nitrogens with zero attached hydrogens (tertiary/aromatic N) is 4. The van der Waals surface area contributed by atoms with Crippen LogP contribution in [-0.4, -0.2) is 20.3 Å². The Balaban J connectivity index is 1.76. The molecular formula is C16H13N6+. The zero-order valence-electron chi connectivity index (χ0n) is 11.6. The number of para-hydroxylation sites is 2. The fourth-order valence-electron chi connectivity index (χ4n) is 2.31. The monoisotopic (exact) mass is 289 g/mol. The van der Waals surface area contributed by atoms with Gasteiger partial charge in [-0.15, -0.1) is 9.90 Å². The van der Waals surface area contributed by atoms with E-state index in [1.807, 2.05) is 54.7 Å². The third kappa shape index (κ3) is 2.16. The number of nitrogens with two attached hydrogens (primary N) is 1. The number of nitrogens with one attached hydrogen (secondary N) is 1. The summed E-state index contributed by atoms with van der Waals surface area (Å²) < 4.78 is 1.73. The summed E-state index contributed by atoms with van der Waals surface area (Å²) in [6.45, 7) is 0. The van der Waals surface area contributed by atoms with E-state index < -0.39 is 0 Å². The highest BCUT2D eigenvalue weighted by atomic mass is 15.4. The first kappa shape index (κ1) is 12.5. The Morgan fingerprint density at radius 2 is 1.86 bits per heavy atom. The highest BCUT2D eigenvalue weighted by molar-refractivity contribution is 5.74. The van der Waals surface area contributed by atoms with E-state index in [2.05, 4.69) is 20.3 Å². The Bertz CT molecular complexity index is 959. The van der Waals surface area contributed by atoms with Crippen LogP contribution in [0.3, 0.4) is 0 Å². The lowest BCUT2D eigenvalue weighted by molar-refractivity contribution is -0.662. The highest BCUT2D eigenvalue weighted by Crippen LogP contribution is 2.17. The molecule has 0 fully saturated rings. The predicted molar refractivity (Wildman–Crippen MR) is 83.1 cm³/mol. The van der Waals surface area contributed by atoms with E-state index >= 15 is 0 Å². The molecule has 0 bridgehead atoms. The van der Waals surface area contributed by atoms with Gasteiger partial charge in [0.05, 0.1) is 0 Å². The van der Waals surface area contributed by atoms with Crippen LogP contribution in [-0.2, 0) is 0 Å². The SMILES string of the molecule is Nc1cccc(-c2c[n+](-c3cnc4ccccc4n3)[nH]n2)c1. The lowest BCUT2D eigenvalue weighted by Gasteiger charge is -1.95. The van der Waals surface area contributed by atoms with Crippen LogP contribution in [0.4, 0.5) is 5.69 Å². The Morgan fingerprint density at radius 3 is 2.73 bits per heavy atom. The lowest BCUT2D eigenvalue weighted by Crippen LogP contribution is -2.33. The lowest BCUT2D eigenvalue weighted by atomic mass is 10.1. The average molecular weight is 289 g/mol. The van der Waals surface area contributed by atoms with Crippen LogP contribution in [0.5, 0.6) is 0 Å². The molecule has 106 valence electrons. The Morgan fingerprint density at radius 1 is 1.00 bits per heavy atom. The molecule has 0 radical (unpaired) electrons. The molecule has 4 rings (SSSR count). The molecule has 0 aliphatic rings. The first-order valence-electron chi connectivity index (χ1n) is 6.85. The van der Waals surface area contributed by atoms with E-state index in [0.29, 0.717) is 11.5 Å². The number of aromatic nitrogens is 5. The molecule has 2 aromatic carbocycles. The van der Waals surface area contributed by atoms with Crippen molar-refractivity contribution in [1.29, 1.82) is 0 Å². The van der Waals surface area contributed by atoms with Crippen molar-refractivity contribution in [2.45, 2.75) is 0 Å². The van der Waals surface area contributed by atoms with Gasteiger partial charge in [-0.05, 0) is 29.4 Å². The number of aromatic amines is 1. The second-order valence-electron chi connectivity index (χ2n) is 4.94. The molecule has 6 heteroatoms. The zero-order valence-corrected chi connectivity index (χ0v) is 11.6. The van der Waals surface area contributed by atoms with Crippen LogP contribution in [0.15, 0.2) is 60.9 Å². The largest absolute Gasteiger partial charge is 0.399 e. The predicted octanol–water partition coefficient (Wildman–Crippen LogP) is 1.88. The molecule has 0 unspecified atom stereocenters. The summed E-state index contributed by atoms with van der Waals surface area (Å²) in [7, 11) is 0. The van der Waals surface area contributed by atoms with Gasteiger partial charge in [0.25, 0.3) is 0 Å². The number of rotatable bonds is 2. The topological polar surface area (TPSA) is 84.4 Å². The molecule has 0 saturated heterocycles. The summed E-state index contributed by atoms with van der Waals surface area (Å²) in [5.41, 5.74) is 9.96. The molecule has 0 saturated carbocycles. The van der Waals surface area contributed by atoms with Crippen LogP contribution in [0, 0.1) is 0 Å². The Hall–Kier alpha value is -3.28. The van der Waals surface area contributed by atoms with Gasteiger partial charge in [0.2, 0.25) is 5.69 Å². The third-order valence-corrected chi connectivity index (χ3v) is 3.39. The minimum Gasteiger partial charge on any atom is -0.399 e. The summed E-state index contributed by atoms with van der Waals surface area (Å²) in [6, 6.07) is 15.3. The maximum absolute atomic E-state index is 5.81. The molecule has 0 atom stereocenters. The first-order chi connectivity index (χ1) is 10.8. The number of fused-ring (bicyclic) bond motifs is 1. The number of hydrogen-bond donors (Lipinski definition) is 2.